The van der Waals surface area contributed by atoms with Crippen LogP contribution in [0.3, 0.4) is 0 Å². The molecule has 1 aliphatic rings. The second-order valence-corrected chi connectivity index (χ2v) is 12.8. The van der Waals surface area contributed by atoms with Crippen LogP contribution in [0.25, 0.3) is 0 Å². The first kappa shape index (κ1) is 31.3. The molecule has 6 rings (SSSR count). The van der Waals surface area contributed by atoms with E-state index in [0.717, 1.165) is 22.4 Å². The van der Waals surface area contributed by atoms with Gasteiger partial charge in [-0.15, -0.1) is 11.8 Å². The third kappa shape index (κ3) is 8.34. The average Bonchev–Trinajstić information content (AvgIpc) is 3.51. The predicted octanol–water partition coefficient (Wildman–Crippen LogP) is 8.32. The van der Waals surface area contributed by atoms with Gasteiger partial charge in [-0.3, -0.25) is 0 Å². The normalized spacial score (nSPS) is 21.5. The second kappa shape index (κ2) is 15.6. The third-order valence-corrected chi connectivity index (χ3v) is 9.50. The van der Waals surface area contributed by atoms with Gasteiger partial charge in [-0.25, -0.2) is 0 Å². The Hall–Kier alpha value is -3.65. The molecule has 2 heterocycles. The number of benzene rings is 4. The molecule has 0 spiro atoms. The Morgan fingerprint density at radius 2 is 1.20 bits per heavy atom. The Kier molecular flexibility index (Phi) is 10.8. The van der Waals surface area contributed by atoms with Gasteiger partial charge in [0.2, 0.25) is 0 Å². The van der Waals surface area contributed by atoms with Gasteiger partial charge in [-0.1, -0.05) is 109 Å². The maximum atomic E-state index is 7.07. The number of aryl methyl sites for hydroxylation is 2. The molecule has 4 aromatic carbocycles. The summed E-state index contributed by atoms with van der Waals surface area (Å²) in [6.45, 7) is 3.91. The van der Waals surface area contributed by atoms with E-state index in [2.05, 4.69) is 110 Å². The van der Waals surface area contributed by atoms with E-state index in [1.54, 1.807) is 11.8 Å². The lowest BCUT2D eigenvalue weighted by atomic mass is 9.95. The molecule has 6 heteroatoms. The molecule has 0 radical (unpaired) electrons. The molecule has 1 fully saturated rings. The summed E-state index contributed by atoms with van der Waals surface area (Å²) in [5.41, 5.74) is 5.68. The molecule has 5 nitrogen and oxygen atoms in total. The van der Waals surface area contributed by atoms with E-state index in [4.69, 9.17) is 18.9 Å². The summed E-state index contributed by atoms with van der Waals surface area (Å²) in [6.07, 6.45) is 0.806. The van der Waals surface area contributed by atoms with E-state index < -0.39 is 0 Å². The minimum Gasteiger partial charge on any atom is -0.374 e. The zero-order chi connectivity index (χ0) is 30.8. The highest BCUT2D eigenvalue weighted by atomic mass is 32.2. The minimum absolute atomic E-state index is 0.0869. The molecule has 0 unspecified atom stereocenters. The second-order valence-electron chi connectivity index (χ2n) is 11.6. The molecule has 1 aromatic heterocycles. The summed E-state index contributed by atoms with van der Waals surface area (Å²) >= 11 is 1.80. The van der Waals surface area contributed by atoms with E-state index in [9.17, 15) is 0 Å². The molecular weight excluding hydrogens is 578 g/mol. The largest absolute Gasteiger partial charge is 0.374 e. The van der Waals surface area contributed by atoms with Gasteiger partial charge in [0.15, 0.2) is 0 Å². The van der Waals surface area contributed by atoms with E-state index in [1.165, 1.54) is 10.5 Å². The van der Waals surface area contributed by atoms with Crippen molar-refractivity contribution in [1.82, 2.24) is 4.57 Å². The molecule has 0 saturated carbocycles. The average molecular weight is 620 g/mol. The molecule has 0 N–H and O–H groups in total. The Balaban J connectivity index is 1.35. The lowest BCUT2D eigenvalue weighted by Gasteiger charge is -2.46. The topological polar surface area (TPSA) is 41.9 Å². The van der Waals surface area contributed by atoms with Crippen LogP contribution in [-0.4, -0.2) is 34.7 Å². The molecule has 45 heavy (non-hydrogen) atoms. The Bertz CT molecular complexity index is 1580. The highest BCUT2D eigenvalue weighted by Crippen LogP contribution is 2.45. The van der Waals surface area contributed by atoms with Crippen LogP contribution < -0.4 is 0 Å². The number of nitrogens with zero attached hydrogens (tertiary/aromatic N) is 1. The maximum absolute atomic E-state index is 7.07. The van der Waals surface area contributed by atoms with E-state index in [-0.39, 0.29) is 29.7 Å². The first-order valence-electron chi connectivity index (χ1n) is 15.6. The first-order chi connectivity index (χ1) is 22.1. The summed E-state index contributed by atoms with van der Waals surface area (Å²) in [6, 6.07) is 43.8. The van der Waals surface area contributed by atoms with Crippen molar-refractivity contribution in [3.8, 4) is 0 Å². The predicted molar refractivity (Wildman–Crippen MR) is 180 cm³/mol. The Morgan fingerprint density at radius 3 is 1.76 bits per heavy atom. The van der Waals surface area contributed by atoms with Crippen LogP contribution >= 0.6 is 11.8 Å². The van der Waals surface area contributed by atoms with Crippen molar-refractivity contribution < 1.29 is 18.9 Å². The lowest BCUT2D eigenvalue weighted by Crippen LogP contribution is -2.56. The van der Waals surface area contributed by atoms with Crippen LogP contribution in [0.2, 0.25) is 0 Å². The quantitative estimate of drug-likeness (QED) is 0.133. The van der Waals surface area contributed by atoms with E-state index >= 15 is 0 Å². The van der Waals surface area contributed by atoms with E-state index in [0.29, 0.717) is 26.4 Å². The molecule has 1 aliphatic heterocycles. The van der Waals surface area contributed by atoms with Crippen molar-refractivity contribution in [3.05, 3.63) is 162 Å². The van der Waals surface area contributed by atoms with Gasteiger partial charge in [0.05, 0.1) is 31.7 Å². The van der Waals surface area contributed by atoms with Crippen molar-refractivity contribution in [1.29, 1.82) is 0 Å². The molecule has 1 saturated heterocycles. The number of rotatable bonds is 13. The summed E-state index contributed by atoms with van der Waals surface area (Å²) in [5, 5.41) is -0.0869. The Labute approximate surface area is 271 Å². The smallest absolute Gasteiger partial charge is 0.114 e. The van der Waals surface area contributed by atoms with Gasteiger partial charge in [0, 0.05) is 23.8 Å². The molecular formula is C39H41NO4S. The summed E-state index contributed by atoms with van der Waals surface area (Å²) in [7, 11) is 2.07. The monoisotopic (exact) mass is 619 g/mol. The summed E-state index contributed by atoms with van der Waals surface area (Å²) in [4.78, 5) is 1.17. The third-order valence-electron chi connectivity index (χ3n) is 8.17. The number of thioether (sulfide) groups is 1. The molecule has 232 valence electrons. The van der Waals surface area contributed by atoms with Crippen molar-refractivity contribution >= 4 is 11.8 Å². The SMILES string of the molecule is Cc1ccc(S[C@@H]2[C@@H](OCc3ccccc3)[C@H](OCc3ccccc3)[C@@H](COCc3ccccc3)O[C@H]2c2cccn2C)cc1. The number of ether oxygens (including phenoxy) is 4. The van der Waals surface area contributed by atoms with Crippen molar-refractivity contribution in [2.75, 3.05) is 6.61 Å². The fraction of sp³-hybridized carbons (Fsp3) is 0.282. The lowest BCUT2D eigenvalue weighted by molar-refractivity contribution is -0.219. The van der Waals surface area contributed by atoms with Crippen LogP contribution in [-0.2, 0) is 45.8 Å². The van der Waals surface area contributed by atoms with Crippen LogP contribution in [0, 0.1) is 6.92 Å². The molecule has 5 atom stereocenters. The van der Waals surface area contributed by atoms with Crippen molar-refractivity contribution in [3.63, 3.8) is 0 Å². The molecule has 0 bridgehead atoms. The van der Waals surface area contributed by atoms with Gasteiger partial charge in [0.1, 0.15) is 24.4 Å². The van der Waals surface area contributed by atoms with Gasteiger partial charge >= 0.3 is 0 Å². The zero-order valence-corrected chi connectivity index (χ0v) is 26.7. The molecule has 5 aromatic rings. The van der Waals surface area contributed by atoms with Crippen LogP contribution in [0.15, 0.2) is 138 Å². The standard InChI is InChI=1S/C39H41NO4S/c1-29-20-22-33(23-21-29)45-39-36(34-19-12-24-40(34)2)44-35(28-41-25-30-13-6-3-7-14-30)37(42-26-31-15-8-4-9-16-31)38(39)43-27-32-17-10-5-11-18-32/h3-24,35-39H,25-28H2,1-2H3/t35-,36+,37-,38+,39+/m1/s1. The zero-order valence-electron chi connectivity index (χ0n) is 25.9. The van der Waals surface area contributed by atoms with Crippen molar-refractivity contribution in [2.45, 2.75) is 61.3 Å². The maximum Gasteiger partial charge on any atom is 0.114 e. The number of hydrogen-bond donors (Lipinski definition) is 0. The first-order valence-corrected chi connectivity index (χ1v) is 16.4. The number of aromatic nitrogens is 1. The summed E-state index contributed by atoms with van der Waals surface area (Å²) in [5.74, 6) is 0. The number of hydrogen-bond acceptors (Lipinski definition) is 5. The van der Waals surface area contributed by atoms with Crippen LogP contribution in [0.1, 0.15) is 34.1 Å². The highest BCUT2D eigenvalue weighted by Gasteiger charge is 2.49. The Morgan fingerprint density at radius 1 is 0.644 bits per heavy atom. The molecule has 0 aliphatic carbocycles. The van der Waals surface area contributed by atoms with Crippen LogP contribution in [0.5, 0.6) is 0 Å². The van der Waals surface area contributed by atoms with Gasteiger partial charge in [-0.05, 0) is 47.9 Å². The van der Waals surface area contributed by atoms with Gasteiger partial charge in [-0.2, -0.15) is 0 Å². The fourth-order valence-electron chi connectivity index (χ4n) is 5.75. The van der Waals surface area contributed by atoms with Gasteiger partial charge in [0.25, 0.3) is 0 Å². The van der Waals surface area contributed by atoms with Crippen LogP contribution in [0.4, 0.5) is 0 Å². The minimum atomic E-state index is -0.371. The van der Waals surface area contributed by atoms with E-state index in [1.807, 2.05) is 42.5 Å². The molecule has 0 amide bonds. The summed E-state index contributed by atoms with van der Waals surface area (Å²) < 4.78 is 29.3. The highest BCUT2D eigenvalue weighted by molar-refractivity contribution is 8.00. The van der Waals surface area contributed by atoms with Gasteiger partial charge < -0.3 is 23.5 Å². The fourth-order valence-corrected chi connectivity index (χ4v) is 7.05. The van der Waals surface area contributed by atoms with Crippen molar-refractivity contribution in [2.24, 2.45) is 7.05 Å².